The molecule has 0 radical (unpaired) electrons. The van der Waals surface area contributed by atoms with Crippen LogP contribution in [0.5, 0.6) is 11.5 Å². The zero-order valence-electron chi connectivity index (χ0n) is 12.4. The zero-order valence-corrected chi connectivity index (χ0v) is 14.1. The average molecular weight is 387 g/mol. The lowest BCUT2D eigenvalue weighted by Crippen LogP contribution is -2.19. The predicted octanol–water partition coefficient (Wildman–Crippen LogP) is 0.103. The van der Waals surface area contributed by atoms with Crippen LogP contribution in [0.4, 0.5) is 5.69 Å². The van der Waals surface area contributed by atoms with Gasteiger partial charge in [-0.15, -0.1) is 0 Å². The summed E-state index contributed by atoms with van der Waals surface area (Å²) >= 11 is 0. The van der Waals surface area contributed by atoms with Crippen molar-refractivity contribution in [2.24, 2.45) is 10.3 Å². The van der Waals surface area contributed by atoms with Crippen molar-refractivity contribution in [3.8, 4) is 11.5 Å². The molecule has 2 aromatic carbocycles. The van der Waals surface area contributed by atoms with E-state index in [1.807, 2.05) is 0 Å². The molecule has 12 heteroatoms. The molecule has 0 aliphatic carbocycles. The Morgan fingerprint density at radius 3 is 1.96 bits per heavy atom. The van der Waals surface area contributed by atoms with E-state index in [-0.39, 0.29) is 17.1 Å². The minimum absolute atomic E-state index is 0.0240. The Balaban J connectivity index is 2.10. The van der Waals surface area contributed by atoms with E-state index in [0.717, 1.165) is 0 Å². The van der Waals surface area contributed by atoms with Crippen molar-refractivity contribution < 1.29 is 30.0 Å². The minimum atomic E-state index is -4.20. The largest absolute Gasteiger partial charge is 0.380 e. The topological polar surface area (TPSA) is 168 Å². The third-order valence-electron chi connectivity index (χ3n) is 2.63. The summed E-state index contributed by atoms with van der Waals surface area (Å²) in [7, 11) is -8.34. The van der Waals surface area contributed by atoms with E-state index in [9.17, 15) is 21.6 Å². The van der Waals surface area contributed by atoms with Gasteiger partial charge in [0.05, 0.1) is 0 Å². The molecule has 0 fully saturated rings. The molecule has 2 aromatic rings. The van der Waals surface area contributed by atoms with Gasteiger partial charge in [0.1, 0.15) is 11.5 Å². The lowest BCUT2D eigenvalue weighted by atomic mass is 10.2. The molecule has 2 rings (SSSR count). The van der Waals surface area contributed by atoms with E-state index in [1.165, 1.54) is 48.5 Å². The van der Waals surface area contributed by atoms with Crippen LogP contribution in [0.3, 0.4) is 0 Å². The normalized spacial score (nSPS) is 11.6. The van der Waals surface area contributed by atoms with Gasteiger partial charge in [0.2, 0.25) is 0 Å². The lowest BCUT2D eigenvalue weighted by Gasteiger charge is -2.08. The molecule has 0 spiro atoms. The molecule has 0 bridgehead atoms. The maximum atomic E-state index is 12.2. The highest BCUT2D eigenvalue weighted by molar-refractivity contribution is 7.85. The fourth-order valence-electron chi connectivity index (χ4n) is 1.75. The van der Waals surface area contributed by atoms with E-state index >= 15 is 0 Å². The van der Waals surface area contributed by atoms with E-state index in [1.54, 1.807) is 0 Å². The molecule has 0 saturated heterocycles. The smallest absolute Gasteiger partial charge is 0.371 e. The van der Waals surface area contributed by atoms with Crippen molar-refractivity contribution in [3.63, 3.8) is 0 Å². The third kappa shape index (κ3) is 6.39. The average Bonchev–Trinajstić information content (AvgIpc) is 2.46. The zero-order chi connectivity index (χ0) is 18.7. The van der Waals surface area contributed by atoms with Gasteiger partial charge in [0, 0.05) is 11.3 Å². The van der Waals surface area contributed by atoms with Crippen molar-refractivity contribution in [1.82, 2.24) is 0 Å². The predicted molar refractivity (Wildman–Crippen MR) is 88.3 cm³/mol. The molecule has 0 aliphatic heterocycles. The number of amides is 1. The third-order valence-corrected chi connectivity index (χ3v) is 3.48. The van der Waals surface area contributed by atoms with Gasteiger partial charge in [-0.3, -0.25) is 4.79 Å². The van der Waals surface area contributed by atoms with Crippen LogP contribution in [0.15, 0.2) is 48.5 Å². The van der Waals surface area contributed by atoms with Gasteiger partial charge in [0.25, 0.3) is 5.91 Å². The van der Waals surface area contributed by atoms with Crippen LogP contribution in [0.25, 0.3) is 0 Å². The molecule has 25 heavy (non-hydrogen) atoms. The number of carbonyl (C=O) groups is 1. The molecule has 1 amide bonds. The van der Waals surface area contributed by atoms with E-state index in [4.69, 9.17) is 10.3 Å². The molecule has 0 heterocycles. The van der Waals surface area contributed by atoms with Gasteiger partial charge in [0.15, 0.2) is 0 Å². The molecule has 0 saturated carbocycles. The van der Waals surface area contributed by atoms with Gasteiger partial charge in [-0.2, -0.15) is 27.1 Å². The Kier molecular flexibility index (Phi) is 5.27. The maximum Gasteiger partial charge on any atom is 0.380 e. The SMILES string of the molecule is NS(=O)(=O)Oc1ccc(NC(=O)c2cccc(OS(N)(=O)=O)c2)cc1. The highest BCUT2D eigenvalue weighted by Gasteiger charge is 2.11. The van der Waals surface area contributed by atoms with Gasteiger partial charge in [-0.1, -0.05) is 6.07 Å². The fraction of sp³-hybridized carbons (Fsp3) is 0. The number of nitrogens with one attached hydrogen (secondary N) is 1. The highest BCUT2D eigenvalue weighted by atomic mass is 32.2. The second-order valence-electron chi connectivity index (χ2n) is 4.66. The van der Waals surface area contributed by atoms with Gasteiger partial charge in [-0.05, 0) is 42.5 Å². The Hall–Kier alpha value is -2.67. The van der Waals surface area contributed by atoms with Crippen molar-refractivity contribution in [2.45, 2.75) is 0 Å². The van der Waals surface area contributed by atoms with E-state index in [0.29, 0.717) is 5.69 Å². The number of hydrogen-bond donors (Lipinski definition) is 3. The number of rotatable bonds is 6. The Bertz CT molecular complexity index is 987. The van der Waals surface area contributed by atoms with Crippen LogP contribution in [0, 0.1) is 0 Å². The van der Waals surface area contributed by atoms with Gasteiger partial charge in [-0.25, -0.2) is 0 Å². The van der Waals surface area contributed by atoms with Crippen LogP contribution < -0.4 is 24.0 Å². The van der Waals surface area contributed by atoms with E-state index in [2.05, 4.69) is 13.7 Å². The first-order valence-electron chi connectivity index (χ1n) is 6.48. The number of anilines is 1. The molecule has 0 aromatic heterocycles. The summed E-state index contributed by atoms with van der Waals surface area (Å²) in [4.78, 5) is 12.2. The monoisotopic (exact) mass is 387 g/mol. The van der Waals surface area contributed by atoms with Crippen LogP contribution in [0.2, 0.25) is 0 Å². The van der Waals surface area contributed by atoms with Crippen LogP contribution in [0.1, 0.15) is 10.4 Å². The summed E-state index contributed by atoms with van der Waals surface area (Å²) in [6.07, 6.45) is 0. The Morgan fingerprint density at radius 1 is 0.840 bits per heavy atom. The molecule has 0 aliphatic rings. The highest BCUT2D eigenvalue weighted by Crippen LogP contribution is 2.19. The fourth-order valence-corrected chi connectivity index (χ4v) is 2.51. The maximum absolute atomic E-state index is 12.2. The summed E-state index contributed by atoms with van der Waals surface area (Å²) in [5.74, 6) is -0.698. The first-order chi connectivity index (χ1) is 11.5. The molecular formula is C13H13N3O7S2. The van der Waals surface area contributed by atoms with Crippen LogP contribution in [-0.2, 0) is 20.6 Å². The first kappa shape index (κ1) is 18.7. The molecule has 0 atom stereocenters. The number of benzene rings is 2. The van der Waals surface area contributed by atoms with Crippen molar-refractivity contribution >= 4 is 32.2 Å². The van der Waals surface area contributed by atoms with E-state index < -0.39 is 26.5 Å². The quantitative estimate of drug-likeness (QED) is 0.631. The molecule has 10 nitrogen and oxygen atoms in total. The summed E-state index contributed by atoms with van der Waals surface area (Å²) < 4.78 is 52.3. The van der Waals surface area contributed by atoms with Gasteiger partial charge >= 0.3 is 20.6 Å². The standard InChI is InChI=1S/C13H13N3O7S2/c14-24(18,19)22-11-6-4-10(5-7-11)16-13(17)9-2-1-3-12(8-9)23-25(15,20)21/h1-8H,(H,16,17)(H2,14,18,19)(H2,15,20,21). The Labute approximate surface area is 143 Å². The summed E-state index contributed by atoms with van der Waals surface area (Å²) in [5, 5.41) is 12.0. The Morgan fingerprint density at radius 2 is 1.40 bits per heavy atom. The van der Waals surface area contributed by atoms with Crippen molar-refractivity contribution in [3.05, 3.63) is 54.1 Å². The molecule has 134 valence electrons. The first-order valence-corrected chi connectivity index (χ1v) is 9.42. The number of carbonyl (C=O) groups excluding carboxylic acids is 1. The van der Waals surface area contributed by atoms with Crippen molar-refractivity contribution in [1.29, 1.82) is 0 Å². The number of nitrogens with two attached hydrogens (primary N) is 2. The lowest BCUT2D eigenvalue weighted by molar-refractivity contribution is 0.102. The summed E-state index contributed by atoms with van der Waals surface area (Å²) in [5.41, 5.74) is 0.454. The molecular weight excluding hydrogens is 374 g/mol. The van der Waals surface area contributed by atoms with Crippen LogP contribution >= 0.6 is 0 Å². The van der Waals surface area contributed by atoms with Gasteiger partial charge < -0.3 is 13.7 Å². The summed E-state index contributed by atoms with van der Waals surface area (Å²) in [6.45, 7) is 0. The number of hydrogen-bond acceptors (Lipinski definition) is 7. The molecule has 5 N–H and O–H groups in total. The summed E-state index contributed by atoms with van der Waals surface area (Å²) in [6, 6.07) is 10.7. The minimum Gasteiger partial charge on any atom is -0.371 e. The molecule has 0 unspecified atom stereocenters. The van der Waals surface area contributed by atoms with Crippen LogP contribution in [-0.4, -0.2) is 22.7 Å². The second kappa shape index (κ2) is 7.06. The van der Waals surface area contributed by atoms with Crippen molar-refractivity contribution in [2.75, 3.05) is 5.32 Å². The second-order valence-corrected chi connectivity index (χ2v) is 6.96.